The third-order valence-electron chi connectivity index (χ3n) is 3.22. The lowest BCUT2D eigenvalue weighted by atomic mass is 10.0. The van der Waals surface area contributed by atoms with Crippen molar-refractivity contribution in [3.05, 3.63) is 34.9 Å². The predicted octanol–water partition coefficient (Wildman–Crippen LogP) is 0.803. The summed E-state index contributed by atoms with van der Waals surface area (Å²) in [5.74, 6) is 0. The second-order valence-corrected chi connectivity index (χ2v) is 4.09. The normalized spacial score (nSPS) is 20.6. The van der Waals surface area contributed by atoms with E-state index >= 15 is 0 Å². The van der Waals surface area contributed by atoms with Gasteiger partial charge in [-0.2, -0.15) is 0 Å². The van der Waals surface area contributed by atoms with Crippen molar-refractivity contribution in [2.45, 2.75) is 19.5 Å². The molecule has 0 aliphatic carbocycles. The van der Waals surface area contributed by atoms with Crippen molar-refractivity contribution < 1.29 is 5.11 Å². The maximum absolute atomic E-state index is 9.01. The smallest absolute Gasteiger partial charge is 0.0558 e. The molecule has 0 radical (unpaired) electrons. The minimum absolute atomic E-state index is 0.198. The van der Waals surface area contributed by atoms with Gasteiger partial charge in [0, 0.05) is 25.7 Å². The van der Waals surface area contributed by atoms with Crippen LogP contribution in [0, 0.1) is 6.92 Å². The number of aliphatic hydroxyl groups is 1. The fourth-order valence-corrected chi connectivity index (χ4v) is 2.40. The van der Waals surface area contributed by atoms with E-state index in [4.69, 9.17) is 10.8 Å². The molecule has 3 N–H and O–H groups in total. The molecular weight excluding hydrogens is 188 g/mol. The Labute approximate surface area is 90.5 Å². The molecule has 82 valence electrons. The fourth-order valence-electron chi connectivity index (χ4n) is 2.40. The van der Waals surface area contributed by atoms with Gasteiger partial charge in [-0.15, -0.1) is 0 Å². The highest BCUT2D eigenvalue weighted by molar-refractivity contribution is 5.40. The molecule has 2 rings (SSSR count). The van der Waals surface area contributed by atoms with Crippen LogP contribution < -0.4 is 5.73 Å². The van der Waals surface area contributed by atoms with E-state index < -0.39 is 0 Å². The molecule has 3 heteroatoms. The average Bonchev–Trinajstić information content (AvgIpc) is 2.58. The molecule has 1 aliphatic heterocycles. The first-order valence-corrected chi connectivity index (χ1v) is 5.41. The van der Waals surface area contributed by atoms with E-state index in [1.54, 1.807) is 0 Å². The van der Waals surface area contributed by atoms with Gasteiger partial charge in [-0.1, -0.05) is 18.2 Å². The van der Waals surface area contributed by atoms with Crippen LogP contribution in [-0.2, 0) is 6.54 Å². The Balaban J connectivity index is 2.32. The molecule has 1 aromatic rings. The Morgan fingerprint density at radius 2 is 2.33 bits per heavy atom. The third-order valence-corrected chi connectivity index (χ3v) is 3.22. The van der Waals surface area contributed by atoms with Gasteiger partial charge < -0.3 is 10.8 Å². The summed E-state index contributed by atoms with van der Waals surface area (Å²) in [6, 6.07) is 6.65. The number of nitrogens with two attached hydrogens (primary N) is 1. The van der Waals surface area contributed by atoms with Crippen molar-refractivity contribution in [2.24, 2.45) is 5.73 Å². The highest BCUT2D eigenvalue weighted by Crippen LogP contribution is 2.34. The number of fused-ring (bicyclic) bond motifs is 1. The maximum Gasteiger partial charge on any atom is 0.0558 e. The molecule has 0 spiro atoms. The summed E-state index contributed by atoms with van der Waals surface area (Å²) in [5.41, 5.74) is 9.85. The van der Waals surface area contributed by atoms with E-state index in [-0.39, 0.29) is 12.6 Å². The molecular formula is C12H18N2O. The third kappa shape index (κ3) is 1.78. The Morgan fingerprint density at radius 1 is 1.53 bits per heavy atom. The van der Waals surface area contributed by atoms with Gasteiger partial charge in [-0.05, 0) is 23.6 Å². The summed E-state index contributed by atoms with van der Waals surface area (Å²) >= 11 is 0. The molecule has 3 nitrogen and oxygen atoms in total. The van der Waals surface area contributed by atoms with Gasteiger partial charge in [-0.25, -0.2) is 0 Å². The number of aryl methyl sites for hydroxylation is 1. The van der Waals surface area contributed by atoms with Gasteiger partial charge >= 0.3 is 0 Å². The lowest BCUT2D eigenvalue weighted by Crippen LogP contribution is -2.30. The molecule has 0 amide bonds. The molecule has 1 heterocycles. The molecule has 0 fully saturated rings. The van der Waals surface area contributed by atoms with E-state index in [0.29, 0.717) is 13.1 Å². The molecule has 1 aliphatic rings. The molecule has 0 bridgehead atoms. The van der Waals surface area contributed by atoms with Gasteiger partial charge in [0.2, 0.25) is 0 Å². The lowest BCUT2D eigenvalue weighted by Gasteiger charge is -2.22. The summed E-state index contributed by atoms with van der Waals surface area (Å²) in [7, 11) is 0. The largest absolute Gasteiger partial charge is 0.395 e. The van der Waals surface area contributed by atoms with Crippen LogP contribution in [0.3, 0.4) is 0 Å². The van der Waals surface area contributed by atoms with Crippen LogP contribution in [-0.4, -0.2) is 29.7 Å². The first-order valence-electron chi connectivity index (χ1n) is 5.41. The summed E-state index contributed by atoms with van der Waals surface area (Å²) in [4.78, 5) is 2.25. The zero-order valence-corrected chi connectivity index (χ0v) is 9.11. The van der Waals surface area contributed by atoms with Gasteiger partial charge in [0.25, 0.3) is 0 Å². The second-order valence-electron chi connectivity index (χ2n) is 4.09. The van der Waals surface area contributed by atoms with Gasteiger partial charge in [0.15, 0.2) is 0 Å². The van der Waals surface area contributed by atoms with Crippen LogP contribution in [0.4, 0.5) is 0 Å². The van der Waals surface area contributed by atoms with Gasteiger partial charge in [-0.3, -0.25) is 4.90 Å². The Bertz CT molecular complexity index is 351. The monoisotopic (exact) mass is 206 g/mol. The minimum Gasteiger partial charge on any atom is -0.395 e. The van der Waals surface area contributed by atoms with Crippen molar-refractivity contribution in [2.75, 3.05) is 19.7 Å². The number of hydrogen-bond donors (Lipinski definition) is 2. The lowest BCUT2D eigenvalue weighted by molar-refractivity contribution is 0.164. The van der Waals surface area contributed by atoms with E-state index in [9.17, 15) is 0 Å². The molecule has 1 aromatic carbocycles. The van der Waals surface area contributed by atoms with E-state index in [1.165, 1.54) is 16.7 Å². The summed E-state index contributed by atoms with van der Waals surface area (Å²) in [5, 5.41) is 9.01. The summed E-state index contributed by atoms with van der Waals surface area (Å²) < 4.78 is 0. The Morgan fingerprint density at radius 3 is 3.00 bits per heavy atom. The van der Waals surface area contributed by atoms with Crippen LogP contribution in [0.15, 0.2) is 18.2 Å². The van der Waals surface area contributed by atoms with E-state index in [2.05, 4.69) is 30.0 Å². The SMILES string of the molecule is Cc1cccc2c1CN(CCO)C2CN. The topological polar surface area (TPSA) is 49.5 Å². The fraction of sp³-hybridized carbons (Fsp3) is 0.500. The first kappa shape index (κ1) is 10.6. The van der Waals surface area contributed by atoms with Gasteiger partial charge in [0.05, 0.1) is 6.61 Å². The maximum atomic E-state index is 9.01. The molecule has 1 atom stereocenters. The minimum atomic E-state index is 0.198. The van der Waals surface area contributed by atoms with Crippen molar-refractivity contribution in [3.63, 3.8) is 0 Å². The predicted molar refractivity (Wildman–Crippen MR) is 60.5 cm³/mol. The second kappa shape index (κ2) is 4.31. The number of rotatable bonds is 3. The number of hydrogen-bond acceptors (Lipinski definition) is 3. The zero-order chi connectivity index (χ0) is 10.8. The standard InChI is InChI=1S/C12H18N2O/c1-9-3-2-4-10-11(9)8-14(5-6-15)12(10)7-13/h2-4,12,15H,5-8,13H2,1H3. The van der Waals surface area contributed by atoms with Crippen molar-refractivity contribution in [1.82, 2.24) is 4.90 Å². The van der Waals surface area contributed by atoms with E-state index in [0.717, 1.165) is 6.54 Å². The molecule has 0 saturated carbocycles. The number of nitrogens with zero attached hydrogens (tertiary/aromatic N) is 1. The quantitative estimate of drug-likeness (QED) is 0.769. The number of aliphatic hydroxyl groups excluding tert-OH is 1. The van der Waals surface area contributed by atoms with Crippen LogP contribution in [0.5, 0.6) is 0 Å². The average molecular weight is 206 g/mol. The van der Waals surface area contributed by atoms with Crippen molar-refractivity contribution in [3.8, 4) is 0 Å². The van der Waals surface area contributed by atoms with E-state index in [1.807, 2.05) is 0 Å². The van der Waals surface area contributed by atoms with Crippen molar-refractivity contribution in [1.29, 1.82) is 0 Å². The highest BCUT2D eigenvalue weighted by atomic mass is 16.3. The number of benzene rings is 1. The molecule has 1 unspecified atom stereocenters. The summed E-state index contributed by atoms with van der Waals surface area (Å²) in [6.45, 7) is 4.58. The Kier molecular flexibility index (Phi) is 3.05. The van der Waals surface area contributed by atoms with Crippen LogP contribution in [0.2, 0.25) is 0 Å². The summed E-state index contributed by atoms with van der Waals surface area (Å²) in [6.07, 6.45) is 0. The highest BCUT2D eigenvalue weighted by Gasteiger charge is 2.29. The zero-order valence-electron chi connectivity index (χ0n) is 9.11. The van der Waals surface area contributed by atoms with Crippen molar-refractivity contribution >= 4 is 0 Å². The van der Waals surface area contributed by atoms with Gasteiger partial charge in [0.1, 0.15) is 0 Å². The van der Waals surface area contributed by atoms with Crippen LogP contribution >= 0.6 is 0 Å². The number of β-amino-alcohol motifs (C(OH)–C–C–N with tert-alkyl or cyclic N) is 1. The molecule has 15 heavy (non-hydrogen) atoms. The van der Waals surface area contributed by atoms with Crippen LogP contribution in [0.1, 0.15) is 22.7 Å². The first-order chi connectivity index (χ1) is 7.27. The molecule has 0 saturated heterocycles. The molecule has 0 aromatic heterocycles. The van der Waals surface area contributed by atoms with Crippen LogP contribution in [0.25, 0.3) is 0 Å². The Hall–Kier alpha value is -0.900.